The maximum atomic E-state index is 13.2. The molecule has 4 rings (SSSR count). The van der Waals surface area contributed by atoms with Gasteiger partial charge in [-0.2, -0.15) is 0 Å². The summed E-state index contributed by atoms with van der Waals surface area (Å²) in [5.74, 6) is 0.0628. The van der Waals surface area contributed by atoms with Crippen LogP contribution in [0.15, 0.2) is 45.6 Å². The third-order valence-corrected chi connectivity index (χ3v) is 5.93. The van der Waals surface area contributed by atoms with Crippen LogP contribution in [0.4, 0.5) is 13.2 Å². The number of likely N-dealkylation sites (tertiary alicyclic amines) is 1. The Bertz CT molecular complexity index is 1240. The van der Waals surface area contributed by atoms with E-state index in [1.807, 2.05) is 11.9 Å². The van der Waals surface area contributed by atoms with Crippen LogP contribution >= 0.6 is 0 Å². The number of alkyl halides is 3. The summed E-state index contributed by atoms with van der Waals surface area (Å²) in [7, 11) is 4.81. The van der Waals surface area contributed by atoms with Crippen LogP contribution in [0.3, 0.4) is 0 Å². The molecule has 2 aromatic carbocycles. The number of piperidine rings is 1. The molecule has 7 nitrogen and oxygen atoms in total. The Hall–Kier alpha value is -3.24. The lowest BCUT2D eigenvalue weighted by Crippen LogP contribution is -2.40. The summed E-state index contributed by atoms with van der Waals surface area (Å²) in [5.41, 5.74) is 0.748. The number of aliphatic hydroxyl groups is 1. The number of β-amino-alcohol motifs (C(OH)–C–C–N with tert-alkyl or cyclic N) is 1. The molecule has 1 saturated heterocycles. The lowest BCUT2D eigenvalue weighted by molar-refractivity contribution is -0.274. The average molecular weight is 479 g/mol. The van der Waals surface area contributed by atoms with Gasteiger partial charge in [0.25, 0.3) is 0 Å². The Kier molecular flexibility index (Phi) is 6.46. The van der Waals surface area contributed by atoms with Crippen molar-refractivity contribution in [2.24, 2.45) is 0 Å². The Balaban J connectivity index is 1.89. The maximum absolute atomic E-state index is 13.2. The van der Waals surface area contributed by atoms with Gasteiger partial charge >= 0.3 is 6.36 Å². The van der Waals surface area contributed by atoms with Gasteiger partial charge in [0.15, 0.2) is 5.43 Å². The molecule has 0 bridgehead atoms. The number of aliphatic hydroxyl groups excluding tert-OH is 1. The number of hydrogen-bond acceptors (Lipinski definition) is 7. The fraction of sp³-hybridized carbons (Fsp3) is 0.375. The number of nitrogens with zero attached hydrogens (tertiary/aromatic N) is 1. The molecule has 0 radical (unpaired) electrons. The van der Waals surface area contributed by atoms with Crippen molar-refractivity contribution in [2.45, 2.75) is 24.8 Å². The second kappa shape index (κ2) is 9.19. The number of methoxy groups -OCH3 is 2. The van der Waals surface area contributed by atoms with Crippen molar-refractivity contribution in [2.75, 3.05) is 34.4 Å². The third-order valence-electron chi connectivity index (χ3n) is 5.93. The Labute approximate surface area is 193 Å². The minimum Gasteiger partial charge on any atom is -0.496 e. The molecule has 1 aliphatic heterocycles. The number of rotatable bonds is 5. The summed E-state index contributed by atoms with van der Waals surface area (Å²) in [5, 5.41) is 11.0. The Morgan fingerprint density at radius 2 is 1.76 bits per heavy atom. The van der Waals surface area contributed by atoms with Gasteiger partial charge in [-0.15, -0.1) is 13.2 Å². The predicted octanol–water partition coefficient (Wildman–Crippen LogP) is 4.16. The van der Waals surface area contributed by atoms with Crippen LogP contribution in [0.25, 0.3) is 22.3 Å². The van der Waals surface area contributed by atoms with Gasteiger partial charge in [0, 0.05) is 35.7 Å². The molecular weight excluding hydrogens is 455 g/mol. The van der Waals surface area contributed by atoms with Crippen molar-refractivity contribution in [3.8, 4) is 28.6 Å². The zero-order valence-electron chi connectivity index (χ0n) is 18.8. The molecule has 182 valence electrons. The van der Waals surface area contributed by atoms with E-state index in [4.69, 9.17) is 13.9 Å². The van der Waals surface area contributed by atoms with Crippen molar-refractivity contribution >= 4 is 11.0 Å². The van der Waals surface area contributed by atoms with E-state index in [0.29, 0.717) is 29.8 Å². The van der Waals surface area contributed by atoms with Crippen LogP contribution in [0.1, 0.15) is 17.9 Å². The molecule has 3 aromatic rings. The van der Waals surface area contributed by atoms with Gasteiger partial charge in [-0.3, -0.25) is 4.79 Å². The molecule has 1 N–H and O–H groups in total. The summed E-state index contributed by atoms with van der Waals surface area (Å²) in [4.78, 5) is 15.2. The van der Waals surface area contributed by atoms with Gasteiger partial charge in [0.05, 0.1) is 20.3 Å². The second-order valence-corrected chi connectivity index (χ2v) is 8.17. The van der Waals surface area contributed by atoms with E-state index < -0.39 is 23.6 Å². The van der Waals surface area contributed by atoms with Gasteiger partial charge < -0.3 is 28.6 Å². The predicted molar refractivity (Wildman–Crippen MR) is 119 cm³/mol. The lowest BCUT2D eigenvalue weighted by Gasteiger charge is -2.34. The van der Waals surface area contributed by atoms with Crippen molar-refractivity contribution in [1.82, 2.24) is 4.90 Å². The molecule has 1 aliphatic rings. The van der Waals surface area contributed by atoms with Gasteiger partial charge in [0.2, 0.25) is 0 Å². The van der Waals surface area contributed by atoms with Crippen LogP contribution < -0.4 is 19.6 Å². The van der Waals surface area contributed by atoms with Crippen molar-refractivity contribution in [1.29, 1.82) is 0 Å². The topological polar surface area (TPSA) is 81.4 Å². The Morgan fingerprint density at radius 1 is 1.09 bits per heavy atom. The van der Waals surface area contributed by atoms with Crippen LogP contribution in [0.2, 0.25) is 0 Å². The smallest absolute Gasteiger partial charge is 0.496 e. The molecule has 1 aromatic heterocycles. The quantitative estimate of drug-likeness (QED) is 0.589. The first-order chi connectivity index (χ1) is 16.1. The molecule has 0 aliphatic carbocycles. The zero-order valence-corrected chi connectivity index (χ0v) is 18.8. The Morgan fingerprint density at radius 3 is 2.35 bits per heavy atom. The molecule has 0 spiro atoms. The molecule has 2 heterocycles. The molecule has 0 unspecified atom stereocenters. The maximum Gasteiger partial charge on any atom is 0.573 e. The SMILES string of the molecule is COc1cc(OC)c2c(=O)cc(-c3ccc(OC(F)(F)F)cc3)oc2c1[C@H]1CCN(C)C[C@H]1O. The van der Waals surface area contributed by atoms with E-state index in [0.717, 1.165) is 18.7 Å². The molecule has 10 heteroatoms. The average Bonchev–Trinajstić information content (AvgIpc) is 2.77. The molecule has 0 amide bonds. The van der Waals surface area contributed by atoms with Gasteiger partial charge in [-0.05, 0) is 44.3 Å². The van der Waals surface area contributed by atoms with E-state index in [1.54, 1.807) is 6.07 Å². The van der Waals surface area contributed by atoms with E-state index in [2.05, 4.69) is 4.74 Å². The standard InChI is InChI=1S/C24H24F3NO6/c1-28-9-8-15(17(30)12-28)21-19(31-2)11-20(32-3)22-16(29)10-18(33-23(21)22)13-4-6-14(7-5-13)34-24(25,26)27/h4-7,10-11,15,17,30H,8-9,12H2,1-3H3/t15-,17+/m0/s1. The summed E-state index contributed by atoms with van der Waals surface area (Å²) < 4.78 is 58.5. The number of ether oxygens (including phenoxy) is 3. The number of hydrogen-bond donors (Lipinski definition) is 1. The zero-order chi connectivity index (χ0) is 24.6. The molecular formula is C24H24F3NO6. The van der Waals surface area contributed by atoms with Gasteiger partial charge in [-0.25, -0.2) is 0 Å². The van der Waals surface area contributed by atoms with E-state index >= 15 is 0 Å². The normalized spacial score (nSPS) is 19.3. The van der Waals surface area contributed by atoms with Crippen LogP contribution in [-0.2, 0) is 0 Å². The summed E-state index contributed by atoms with van der Waals surface area (Å²) in [6, 6.07) is 7.87. The van der Waals surface area contributed by atoms with Crippen LogP contribution in [0.5, 0.6) is 17.2 Å². The largest absolute Gasteiger partial charge is 0.573 e. The summed E-state index contributed by atoms with van der Waals surface area (Å²) in [6.07, 6.45) is -4.93. The second-order valence-electron chi connectivity index (χ2n) is 8.17. The highest BCUT2D eigenvalue weighted by Crippen LogP contribution is 2.43. The van der Waals surface area contributed by atoms with E-state index in [-0.39, 0.29) is 28.4 Å². The molecule has 2 atom stereocenters. The lowest BCUT2D eigenvalue weighted by atomic mass is 9.85. The molecule has 1 fully saturated rings. The fourth-order valence-corrected chi connectivity index (χ4v) is 4.37. The first-order valence-electron chi connectivity index (χ1n) is 10.6. The fourth-order valence-electron chi connectivity index (χ4n) is 4.37. The van der Waals surface area contributed by atoms with Crippen molar-refractivity contribution in [3.63, 3.8) is 0 Å². The molecule has 34 heavy (non-hydrogen) atoms. The number of likely N-dealkylation sites (N-methyl/N-ethyl adjacent to an activating group) is 1. The van der Waals surface area contributed by atoms with Crippen molar-refractivity contribution in [3.05, 3.63) is 52.2 Å². The number of fused-ring (bicyclic) bond motifs is 1. The first-order valence-corrected chi connectivity index (χ1v) is 10.6. The summed E-state index contributed by atoms with van der Waals surface area (Å²) >= 11 is 0. The number of halogens is 3. The van der Waals surface area contributed by atoms with Gasteiger partial charge in [0.1, 0.15) is 34.0 Å². The third kappa shape index (κ3) is 4.69. The van der Waals surface area contributed by atoms with Crippen LogP contribution in [-0.4, -0.2) is 56.8 Å². The first kappa shape index (κ1) is 23.9. The van der Waals surface area contributed by atoms with Crippen molar-refractivity contribution < 1.29 is 36.9 Å². The van der Waals surface area contributed by atoms with Crippen LogP contribution in [0, 0.1) is 0 Å². The highest BCUT2D eigenvalue weighted by Gasteiger charge is 2.34. The molecule has 0 saturated carbocycles. The van der Waals surface area contributed by atoms with E-state index in [9.17, 15) is 23.1 Å². The number of benzene rings is 2. The monoisotopic (exact) mass is 479 g/mol. The van der Waals surface area contributed by atoms with E-state index in [1.165, 1.54) is 32.4 Å². The highest BCUT2D eigenvalue weighted by atomic mass is 19.4. The highest BCUT2D eigenvalue weighted by molar-refractivity contribution is 5.90. The minimum atomic E-state index is -4.81. The minimum absolute atomic E-state index is 0.148. The summed E-state index contributed by atoms with van der Waals surface area (Å²) in [6.45, 7) is 1.16. The van der Waals surface area contributed by atoms with Gasteiger partial charge in [-0.1, -0.05) is 0 Å².